The SMILES string of the molecule is Cc1nn(-c2cc(N)nc(C(C)(C)C)n2)c(C)c1Br. The van der Waals surface area contributed by atoms with Gasteiger partial charge >= 0.3 is 0 Å². The Morgan fingerprint density at radius 2 is 1.84 bits per heavy atom. The van der Waals surface area contributed by atoms with E-state index in [-0.39, 0.29) is 5.41 Å². The van der Waals surface area contributed by atoms with E-state index in [9.17, 15) is 0 Å². The maximum Gasteiger partial charge on any atom is 0.159 e. The molecule has 2 heterocycles. The molecule has 19 heavy (non-hydrogen) atoms. The van der Waals surface area contributed by atoms with Crippen LogP contribution in [0.25, 0.3) is 5.82 Å². The van der Waals surface area contributed by atoms with Crippen LogP contribution in [0.2, 0.25) is 0 Å². The van der Waals surface area contributed by atoms with Crippen molar-refractivity contribution in [3.05, 3.63) is 27.8 Å². The number of hydrogen-bond acceptors (Lipinski definition) is 4. The number of aryl methyl sites for hydroxylation is 1. The normalized spacial score (nSPS) is 11.9. The molecule has 5 nitrogen and oxygen atoms in total. The molecular weight excluding hydrogens is 306 g/mol. The van der Waals surface area contributed by atoms with E-state index in [0.717, 1.165) is 15.9 Å². The summed E-state index contributed by atoms with van der Waals surface area (Å²) in [5.41, 5.74) is 7.65. The maximum atomic E-state index is 5.88. The first-order valence-electron chi connectivity index (χ1n) is 6.07. The Balaban J connectivity index is 2.63. The van der Waals surface area contributed by atoms with Gasteiger partial charge in [-0.25, -0.2) is 14.6 Å². The lowest BCUT2D eigenvalue weighted by Gasteiger charge is -2.17. The van der Waals surface area contributed by atoms with Crippen LogP contribution in [0.4, 0.5) is 5.82 Å². The number of halogens is 1. The predicted molar refractivity (Wildman–Crippen MR) is 79.4 cm³/mol. The van der Waals surface area contributed by atoms with Gasteiger partial charge in [0.25, 0.3) is 0 Å². The minimum Gasteiger partial charge on any atom is -0.384 e. The van der Waals surface area contributed by atoms with Gasteiger partial charge in [-0.3, -0.25) is 0 Å². The lowest BCUT2D eigenvalue weighted by Crippen LogP contribution is -2.19. The third kappa shape index (κ3) is 2.63. The zero-order valence-electron chi connectivity index (χ0n) is 11.8. The van der Waals surface area contributed by atoms with Crippen LogP contribution < -0.4 is 5.73 Å². The maximum absolute atomic E-state index is 5.88. The van der Waals surface area contributed by atoms with Crippen LogP contribution in [-0.4, -0.2) is 19.7 Å². The molecule has 6 heteroatoms. The van der Waals surface area contributed by atoms with Crippen molar-refractivity contribution in [3.63, 3.8) is 0 Å². The Labute approximate surface area is 121 Å². The van der Waals surface area contributed by atoms with E-state index in [2.05, 4.69) is 51.8 Å². The molecule has 0 atom stereocenters. The monoisotopic (exact) mass is 323 g/mol. The summed E-state index contributed by atoms with van der Waals surface area (Å²) in [6.45, 7) is 10.1. The number of nitrogens with two attached hydrogens (primary N) is 1. The third-order valence-electron chi connectivity index (χ3n) is 2.82. The molecule has 0 bridgehead atoms. The fourth-order valence-electron chi connectivity index (χ4n) is 1.74. The van der Waals surface area contributed by atoms with E-state index < -0.39 is 0 Å². The summed E-state index contributed by atoms with van der Waals surface area (Å²) in [5.74, 6) is 1.87. The predicted octanol–water partition coefficient (Wildman–Crippen LogP) is 2.92. The minimum atomic E-state index is -0.155. The summed E-state index contributed by atoms with van der Waals surface area (Å²) < 4.78 is 2.77. The summed E-state index contributed by atoms with van der Waals surface area (Å²) in [4.78, 5) is 8.88. The summed E-state index contributed by atoms with van der Waals surface area (Å²) in [7, 11) is 0. The van der Waals surface area contributed by atoms with Gasteiger partial charge in [-0.15, -0.1) is 0 Å². The third-order valence-corrected chi connectivity index (χ3v) is 3.97. The fourth-order valence-corrected chi connectivity index (χ4v) is 1.99. The van der Waals surface area contributed by atoms with E-state index in [0.29, 0.717) is 17.5 Å². The number of anilines is 1. The van der Waals surface area contributed by atoms with Crippen LogP contribution in [0.5, 0.6) is 0 Å². The first-order chi connectivity index (χ1) is 8.70. The molecule has 0 radical (unpaired) electrons. The molecule has 0 aliphatic heterocycles. The van der Waals surface area contributed by atoms with E-state index in [4.69, 9.17) is 5.73 Å². The second kappa shape index (κ2) is 4.59. The molecule has 2 aromatic rings. The molecule has 2 rings (SSSR count). The first-order valence-corrected chi connectivity index (χ1v) is 6.86. The summed E-state index contributed by atoms with van der Waals surface area (Å²) in [5, 5.41) is 4.47. The molecule has 0 saturated heterocycles. The summed E-state index contributed by atoms with van der Waals surface area (Å²) in [6, 6.07) is 1.74. The van der Waals surface area contributed by atoms with E-state index in [1.165, 1.54) is 0 Å². The standard InChI is InChI=1S/C13H18BrN5/c1-7-11(14)8(2)19(18-7)10-6-9(15)16-12(17-10)13(3,4)5/h6H,1-5H3,(H2,15,16,17). The Hall–Kier alpha value is -1.43. The minimum absolute atomic E-state index is 0.155. The molecule has 102 valence electrons. The van der Waals surface area contributed by atoms with Gasteiger partial charge in [0.1, 0.15) is 11.6 Å². The quantitative estimate of drug-likeness (QED) is 0.876. The molecule has 0 aliphatic rings. The number of rotatable bonds is 1. The van der Waals surface area contributed by atoms with Gasteiger partial charge in [-0.2, -0.15) is 5.10 Å². The number of aromatic nitrogens is 4. The van der Waals surface area contributed by atoms with Crippen LogP contribution >= 0.6 is 15.9 Å². The highest BCUT2D eigenvalue weighted by molar-refractivity contribution is 9.10. The highest BCUT2D eigenvalue weighted by Crippen LogP contribution is 2.25. The number of nitrogen functional groups attached to an aromatic ring is 1. The largest absolute Gasteiger partial charge is 0.384 e. The van der Waals surface area contributed by atoms with Gasteiger partial charge in [-0.1, -0.05) is 20.8 Å². The van der Waals surface area contributed by atoms with Gasteiger partial charge < -0.3 is 5.73 Å². The van der Waals surface area contributed by atoms with Crippen molar-refractivity contribution < 1.29 is 0 Å². The molecule has 0 unspecified atom stereocenters. The highest BCUT2D eigenvalue weighted by Gasteiger charge is 2.20. The van der Waals surface area contributed by atoms with Crippen molar-refractivity contribution in [1.82, 2.24) is 19.7 Å². The smallest absolute Gasteiger partial charge is 0.159 e. The highest BCUT2D eigenvalue weighted by atomic mass is 79.9. The zero-order chi connectivity index (χ0) is 14.4. The van der Waals surface area contributed by atoms with Gasteiger partial charge in [0.05, 0.1) is 15.9 Å². The van der Waals surface area contributed by atoms with Crippen LogP contribution in [0.1, 0.15) is 38.0 Å². The average Bonchev–Trinajstić information content (AvgIpc) is 2.55. The van der Waals surface area contributed by atoms with Crippen molar-refractivity contribution in [2.45, 2.75) is 40.0 Å². The van der Waals surface area contributed by atoms with Crippen molar-refractivity contribution in [2.24, 2.45) is 0 Å². The average molecular weight is 324 g/mol. The zero-order valence-corrected chi connectivity index (χ0v) is 13.4. The first kappa shape index (κ1) is 14.0. The number of hydrogen-bond donors (Lipinski definition) is 1. The lowest BCUT2D eigenvalue weighted by molar-refractivity contribution is 0.542. The molecule has 0 spiro atoms. The van der Waals surface area contributed by atoms with Crippen LogP contribution in [0, 0.1) is 13.8 Å². The lowest BCUT2D eigenvalue weighted by atomic mass is 9.96. The molecule has 0 fully saturated rings. The van der Waals surface area contributed by atoms with Crippen molar-refractivity contribution >= 4 is 21.7 Å². The molecular formula is C13H18BrN5. The van der Waals surface area contributed by atoms with Gasteiger partial charge in [0.15, 0.2) is 5.82 Å². The van der Waals surface area contributed by atoms with Crippen molar-refractivity contribution in [2.75, 3.05) is 5.73 Å². The molecule has 0 amide bonds. The molecule has 0 aliphatic carbocycles. The Kier molecular flexibility index (Phi) is 3.38. The van der Waals surface area contributed by atoms with Crippen molar-refractivity contribution in [3.8, 4) is 5.82 Å². The van der Waals surface area contributed by atoms with Crippen molar-refractivity contribution in [1.29, 1.82) is 0 Å². The van der Waals surface area contributed by atoms with E-state index >= 15 is 0 Å². The second-order valence-corrected chi connectivity index (χ2v) is 6.41. The molecule has 2 N–H and O–H groups in total. The molecule has 2 aromatic heterocycles. The summed E-state index contributed by atoms with van der Waals surface area (Å²) >= 11 is 3.52. The van der Waals surface area contributed by atoms with Gasteiger partial charge in [0.2, 0.25) is 0 Å². The van der Waals surface area contributed by atoms with Gasteiger partial charge in [-0.05, 0) is 29.8 Å². The number of nitrogens with zero attached hydrogens (tertiary/aromatic N) is 4. The van der Waals surface area contributed by atoms with Gasteiger partial charge in [0, 0.05) is 11.5 Å². The van der Waals surface area contributed by atoms with Crippen LogP contribution in [0.15, 0.2) is 10.5 Å². The fraction of sp³-hybridized carbons (Fsp3) is 0.462. The molecule has 0 saturated carbocycles. The Bertz CT molecular complexity index is 625. The molecule has 0 aromatic carbocycles. The van der Waals surface area contributed by atoms with E-state index in [1.54, 1.807) is 10.7 Å². The topological polar surface area (TPSA) is 69.6 Å². The Morgan fingerprint density at radius 1 is 1.21 bits per heavy atom. The second-order valence-electron chi connectivity index (χ2n) is 5.62. The van der Waals surface area contributed by atoms with Crippen LogP contribution in [0.3, 0.4) is 0 Å². The van der Waals surface area contributed by atoms with Crippen LogP contribution in [-0.2, 0) is 5.41 Å². The summed E-state index contributed by atoms with van der Waals surface area (Å²) in [6.07, 6.45) is 0. The van der Waals surface area contributed by atoms with E-state index in [1.807, 2.05) is 13.8 Å². The Morgan fingerprint density at radius 3 is 2.32 bits per heavy atom.